The third-order valence-corrected chi connectivity index (χ3v) is 4.24. The van der Waals surface area contributed by atoms with E-state index in [1.807, 2.05) is 19.2 Å². The summed E-state index contributed by atoms with van der Waals surface area (Å²) < 4.78 is 0. The minimum atomic E-state index is 0. The van der Waals surface area contributed by atoms with E-state index in [0.717, 1.165) is 24.9 Å². The molecule has 1 aliphatic rings. The van der Waals surface area contributed by atoms with E-state index in [2.05, 4.69) is 10.6 Å². The van der Waals surface area contributed by atoms with E-state index in [-0.39, 0.29) is 30.2 Å². The van der Waals surface area contributed by atoms with Gasteiger partial charge in [-0.2, -0.15) is 0 Å². The van der Waals surface area contributed by atoms with Crippen molar-refractivity contribution in [3.63, 3.8) is 0 Å². The van der Waals surface area contributed by atoms with Crippen LogP contribution in [-0.2, 0) is 4.79 Å². The van der Waals surface area contributed by atoms with E-state index in [4.69, 9.17) is 23.2 Å². The Morgan fingerprint density at radius 1 is 1.35 bits per heavy atom. The highest BCUT2D eigenvalue weighted by molar-refractivity contribution is 6.42. The summed E-state index contributed by atoms with van der Waals surface area (Å²) in [5.41, 5.74) is 0.990. The summed E-state index contributed by atoms with van der Waals surface area (Å²) in [5, 5.41) is 7.15. The minimum Gasteiger partial charge on any atom is -0.356 e. The number of halogens is 3. The van der Waals surface area contributed by atoms with Gasteiger partial charge in [0.1, 0.15) is 0 Å². The van der Waals surface area contributed by atoms with Gasteiger partial charge in [-0.25, -0.2) is 0 Å². The van der Waals surface area contributed by atoms with Crippen LogP contribution in [-0.4, -0.2) is 26.0 Å². The van der Waals surface area contributed by atoms with Crippen LogP contribution in [0.25, 0.3) is 0 Å². The molecule has 1 aromatic rings. The van der Waals surface area contributed by atoms with Crippen molar-refractivity contribution in [3.05, 3.63) is 33.8 Å². The maximum Gasteiger partial charge on any atom is 0.223 e. The number of hydrogen-bond acceptors (Lipinski definition) is 2. The Balaban J connectivity index is 0.00000200. The van der Waals surface area contributed by atoms with Gasteiger partial charge in [0.25, 0.3) is 0 Å². The molecule has 3 nitrogen and oxygen atoms in total. The fourth-order valence-electron chi connectivity index (χ4n) is 2.24. The van der Waals surface area contributed by atoms with Gasteiger partial charge in [-0.15, -0.1) is 12.4 Å². The van der Waals surface area contributed by atoms with Crippen molar-refractivity contribution in [3.8, 4) is 0 Å². The zero-order valence-corrected chi connectivity index (χ0v) is 13.6. The molecule has 1 aromatic carbocycles. The van der Waals surface area contributed by atoms with Crippen molar-refractivity contribution in [1.82, 2.24) is 10.6 Å². The Bertz CT molecular complexity index is 468. The van der Waals surface area contributed by atoms with Gasteiger partial charge in [-0.05, 0) is 44.0 Å². The molecule has 1 fully saturated rings. The van der Waals surface area contributed by atoms with Crippen molar-refractivity contribution in [2.45, 2.75) is 18.8 Å². The van der Waals surface area contributed by atoms with Crippen LogP contribution in [0, 0.1) is 5.92 Å². The molecule has 20 heavy (non-hydrogen) atoms. The lowest BCUT2D eigenvalue weighted by Crippen LogP contribution is -2.28. The van der Waals surface area contributed by atoms with Gasteiger partial charge in [0, 0.05) is 12.5 Å². The lowest BCUT2D eigenvalue weighted by Gasteiger charge is -2.06. The Hall–Kier alpha value is -0.480. The highest BCUT2D eigenvalue weighted by Gasteiger charge is 2.44. The number of hydrogen-bond donors (Lipinski definition) is 2. The molecule has 2 unspecified atom stereocenters. The van der Waals surface area contributed by atoms with E-state index in [1.54, 1.807) is 6.07 Å². The zero-order chi connectivity index (χ0) is 13.8. The van der Waals surface area contributed by atoms with Crippen LogP contribution in [0.5, 0.6) is 0 Å². The molecular weight excluding hydrogens is 319 g/mol. The second-order valence-corrected chi connectivity index (χ2v) is 5.63. The lowest BCUT2D eigenvalue weighted by molar-refractivity contribution is -0.122. The first kappa shape index (κ1) is 17.6. The van der Waals surface area contributed by atoms with Gasteiger partial charge in [0.2, 0.25) is 5.91 Å². The summed E-state index contributed by atoms with van der Waals surface area (Å²) >= 11 is 12.2. The fraction of sp³-hybridized carbons (Fsp3) is 0.500. The predicted octanol–water partition coefficient (Wildman–Crippen LogP) is 3.24. The molecule has 1 amide bonds. The fourth-order valence-corrected chi connectivity index (χ4v) is 2.69. The van der Waals surface area contributed by atoms with Crippen LogP contribution in [0.3, 0.4) is 0 Å². The van der Waals surface area contributed by atoms with Gasteiger partial charge in [0.15, 0.2) is 0 Å². The molecule has 1 aliphatic carbocycles. The normalized spacial score (nSPS) is 20.1. The van der Waals surface area contributed by atoms with Crippen molar-refractivity contribution < 1.29 is 4.79 Å². The maximum absolute atomic E-state index is 11.9. The van der Waals surface area contributed by atoms with E-state index in [0.29, 0.717) is 16.6 Å². The topological polar surface area (TPSA) is 41.1 Å². The Morgan fingerprint density at radius 3 is 2.80 bits per heavy atom. The smallest absolute Gasteiger partial charge is 0.223 e. The SMILES string of the molecule is CNCCCNC(=O)C1CC1c1cccc(Cl)c1Cl.Cl. The molecule has 112 valence electrons. The Labute approximate surface area is 135 Å². The van der Waals surface area contributed by atoms with E-state index in [9.17, 15) is 4.79 Å². The van der Waals surface area contributed by atoms with Crippen molar-refractivity contribution in [2.24, 2.45) is 5.92 Å². The van der Waals surface area contributed by atoms with Crippen LogP contribution < -0.4 is 10.6 Å². The van der Waals surface area contributed by atoms with Gasteiger partial charge >= 0.3 is 0 Å². The molecule has 2 N–H and O–H groups in total. The number of nitrogens with one attached hydrogen (secondary N) is 2. The standard InChI is InChI=1S/C14H18Cl2N2O.ClH/c1-17-6-3-7-18-14(19)11-8-10(11)9-4-2-5-12(15)13(9)16;/h2,4-5,10-11,17H,3,6-8H2,1H3,(H,18,19);1H. The van der Waals surface area contributed by atoms with E-state index < -0.39 is 0 Å². The van der Waals surface area contributed by atoms with Gasteiger partial charge in [-0.3, -0.25) is 4.79 Å². The first-order valence-electron chi connectivity index (χ1n) is 6.51. The molecule has 0 spiro atoms. The summed E-state index contributed by atoms with van der Waals surface area (Å²) in [6, 6.07) is 5.60. The number of carbonyl (C=O) groups excluding carboxylic acids is 1. The highest BCUT2D eigenvalue weighted by Crippen LogP contribution is 2.50. The second-order valence-electron chi connectivity index (χ2n) is 4.84. The number of rotatable bonds is 6. The monoisotopic (exact) mass is 336 g/mol. The number of benzene rings is 1. The molecule has 0 aromatic heterocycles. The predicted molar refractivity (Wildman–Crippen MR) is 86.1 cm³/mol. The average Bonchev–Trinajstić information content (AvgIpc) is 3.18. The molecule has 6 heteroatoms. The maximum atomic E-state index is 11.9. The Kier molecular flexibility index (Phi) is 7.10. The third kappa shape index (κ3) is 4.26. The molecule has 0 saturated heterocycles. The van der Waals surface area contributed by atoms with Crippen LogP contribution in [0.4, 0.5) is 0 Å². The molecule has 0 radical (unpaired) electrons. The quantitative estimate of drug-likeness (QED) is 0.782. The molecule has 2 atom stereocenters. The second kappa shape index (κ2) is 8.08. The van der Waals surface area contributed by atoms with Gasteiger partial charge < -0.3 is 10.6 Å². The highest BCUT2D eigenvalue weighted by atomic mass is 35.5. The van der Waals surface area contributed by atoms with Crippen LogP contribution in [0.1, 0.15) is 24.3 Å². The molecule has 1 saturated carbocycles. The summed E-state index contributed by atoms with van der Waals surface area (Å²) in [7, 11) is 1.90. The van der Waals surface area contributed by atoms with Crippen molar-refractivity contribution in [1.29, 1.82) is 0 Å². The summed E-state index contributed by atoms with van der Waals surface area (Å²) in [6.07, 6.45) is 1.80. The third-order valence-electron chi connectivity index (χ3n) is 3.41. The Morgan fingerprint density at radius 2 is 2.10 bits per heavy atom. The number of carbonyl (C=O) groups is 1. The van der Waals surface area contributed by atoms with Gasteiger partial charge in [-0.1, -0.05) is 35.3 Å². The van der Waals surface area contributed by atoms with Crippen LogP contribution in [0.2, 0.25) is 10.0 Å². The van der Waals surface area contributed by atoms with Crippen LogP contribution in [0.15, 0.2) is 18.2 Å². The van der Waals surface area contributed by atoms with Crippen molar-refractivity contribution in [2.75, 3.05) is 20.1 Å². The van der Waals surface area contributed by atoms with E-state index in [1.165, 1.54) is 0 Å². The zero-order valence-electron chi connectivity index (χ0n) is 11.3. The van der Waals surface area contributed by atoms with Gasteiger partial charge in [0.05, 0.1) is 10.0 Å². The summed E-state index contributed by atoms with van der Waals surface area (Å²) in [6.45, 7) is 1.63. The summed E-state index contributed by atoms with van der Waals surface area (Å²) in [4.78, 5) is 11.9. The van der Waals surface area contributed by atoms with Crippen molar-refractivity contribution >= 4 is 41.5 Å². The minimum absolute atomic E-state index is 0. The number of amides is 1. The first-order valence-corrected chi connectivity index (χ1v) is 7.27. The molecule has 0 heterocycles. The molecule has 0 aliphatic heterocycles. The van der Waals surface area contributed by atoms with E-state index >= 15 is 0 Å². The largest absolute Gasteiger partial charge is 0.356 e. The summed E-state index contributed by atoms with van der Waals surface area (Å²) in [5.74, 6) is 0.387. The molecular formula is C14H19Cl3N2O. The molecule has 0 bridgehead atoms. The first-order chi connectivity index (χ1) is 9.15. The lowest BCUT2D eigenvalue weighted by atomic mass is 10.1. The average molecular weight is 338 g/mol. The molecule has 2 rings (SSSR count). The van der Waals surface area contributed by atoms with Crippen LogP contribution >= 0.6 is 35.6 Å².